The number of likely N-dealkylation sites (N-methyl/N-ethyl adjacent to an activating group) is 1. The van der Waals surface area contributed by atoms with Gasteiger partial charge in [0, 0.05) is 18.1 Å². The third-order valence-corrected chi connectivity index (χ3v) is 4.34. The Morgan fingerprint density at radius 1 is 1.13 bits per heavy atom. The molecule has 2 rings (SSSR count). The van der Waals surface area contributed by atoms with E-state index in [1.54, 1.807) is 18.9 Å². The molecule has 2 aromatic carbocycles. The summed E-state index contributed by atoms with van der Waals surface area (Å²) in [6.45, 7) is 2.40. The van der Waals surface area contributed by atoms with Crippen LogP contribution in [0.15, 0.2) is 59.1 Å². The van der Waals surface area contributed by atoms with E-state index in [0.29, 0.717) is 6.54 Å². The topological polar surface area (TPSA) is 46.3 Å². The molecule has 0 spiro atoms. The average Bonchev–Trinajstić information content (AvgIpc) is 2.54. The first-order valence-electron chi connectivity index (χ1n) is 7.25. The number of hydrogen-bond donors (Lipinski definition) is 1. The molecule has 3 nitrogen and oxygen atoms in total. The first kappa shape index (κ1) is 19.7. The van der Waals surface area contributed by atoms with Crippen molar-refractivity contribution in [2.45, 2.75) is 18.9 Å². The monoisotopic (exact) mass is 396 g/mol. The van der Waals surface area contributed by atoms with Crippen LogP contribution in [0.5, 0.6) is 0 Å². The molecule has 2 N–H and O–H groups in total. The minimum Gasteiger partial charge on any atom is -0.344 e. The highest BCUT2D eigenvalue weighted by Crippen LogP contribution is 2.20. The molecule has 23 heavy (non-hydrogen) atoms. The van der Waals surface area contributed by atoms with Crippen molar-refractivity contribution in [2.24, 2.45) is 5.73 Å². The van der Waals surface area contributed by atoms with Crippen LogP contribution in [0.4, 0.5) is 0 Å². The van der Waals surface area contributed by atoms with Crippen LogP contribution in [0.2, 0.25) is 0 Å². The van der Waals surface area contributed by atoms with Gasteiger partial charge in [-0.1, -0.05) is 58.4 Å². The zero-order valence-electron chi connectivity index (χ0n) is 13.3. The van der Waals surface area contributed by atoms with Crippen molar-refractivity contribution in [2.75, 3.05) is 13.6 Å². The van der Waals surface area contributed by atoms with Crippen molar-refractivity contribution in [3.05, 3.63) is 70.2 Å². The Labute approximate surface area is 152 Å². The van der Waals surface area contributed by atoms with Crippen LogP contribution < -0.4 is 5.73 Å². The predicted molar refractivity (Wildman–Crippen MR) is 101 cm³/mol. The number of amides is 1. The number of nitrogens with two attached hydrogens (primary N) is 1. The SMILES string of the molecule is CN(CCc1ccc(Br)cc1)C(=O)C(C)(N)c1ccccc1.Cl. The molecule has 5 heteroatoms. The van der Waals surface area contributed by atoms with Gasteiger partial charge in [0.1, 0.15) is 5.54 Å². The molecule has 0 saturated heterocycles. The van der Waals surface area contributed by atoms with E-state index in [0.717, 1.165) is 16.5 Å². The fourth-order valence-corrected chi connectivity index (χ4v) is 2.62. The summed E-state index contributed by atoms with van der Waals surface area (Å²) in [5.74, 6) is -0.0733. The summed E-state index contributed by atoms with van der Waals surface area (Å²) in [5.41, 5.74) is 7.29. The van der Waals surface area contributed by atoms with Gasteiger partial charge in [-0.25, -0.2) is 0 Å². The highest BCUT2D eigenvalue weighted by molar-refractivity contribution is 9.10. The Balaban J connectivity index is 0.00000264. The highest BCUT2D eigenvalue weighted by atomic mass is 79.9. The van der Waals surface area contributed by atoms with Gasteiger partial charge in [0.15, 0.2) is 0 Å². The summed E-state index contributed by atoms with van der Waals surface area (Å²) in [4.78, 5) is 14.3. The summed E-state index contributed by atoms with van der Waals surface area (Å²) in [5, 5.41) is 0. The van der Waals surface area contributed by atoms with Crippen molar-refractivity contribution < 1.29 is 4.79 Å². The second kappa shape index (κ2) is 8.48. The van der Waals surface area contributed by atoms with Crippen LogP contribution in [0.3, 0.4) is 0 Å². The molecule has 0 saturated carbocycles. The van der Waals surface area contributed by atoms with Gasteiger partial charge in [-0.15, -0.1) is 12.4 Å². The molecule has 2 aromatic rings. The van der Waals surface area contributed by atoms with Gasteiger partial charge in [-0.2, -0.15) is 0 Å². The Kier molecular flexibility index (Phi) is 7.26. The molecule has 0 aromatic heterocycles. The van der Waals surface area contributed by atoms with E-state index in [2.05, 4.69) is 28.1 Å². The van der Waals surface area contributed by atoms with Crippen LogP contribution in [0.25, 0.3) is 0 Å². The van der Waals surface area contributed by atoms with E-state index < -0.39 is 5.54 Å². The Morgan fingerprint density at radius 2 is 1.70 bits per heavy atom. The molecule has 0 bridgehead atoms. The van der Waals surface area contributed by atoms with Crippen molar-refractivity contribution in [1.82, 2.24) is 4.90 Å². The summed E-state index contributed by atoms with van der Waals surface area (Å²) >= 11 is 3.42. The number of carbonyl (C=O) groups is 1. The zero-order chi connectivity index (χ0) is 16.2. The number of nitrogens with zero attached hydrogens (tertiary/aromatic N) is 1. The lowest BCUT2D eigenvalue weighted by Crippen LogP contribution is -2.50. The lowest BCUT2D eigenvalue weighted by atomic mass is 9.91. The van der Waals surface area contributed by atoms with E-state index in [4.69, 9.17) is 5.73 Å². The largest absolute Gasteiger partial charge is 0.344 e. The lowest BCUT2D eigenvalue weighted by Gasteiger charge is -2.29. The van der Waals surface area contributed by atoms with Crippen LogP contribution in [-0.2, 0) is 16.8 Å². The molecule has 0 aliphatic rings. The van der Waals surface area contributed by atoms with Crippen LogP contribution >= 0.6 is 28.3 Å². The zero-order valence-corrected chi connectivity index (χ0v) is 15.7. The van der Waals surface area contributed by atoms with E-state index in [1.165, 1.54) is 5.56 Å². The van der Waals surface area contributed by atoms with Crippen molar-refractivity contribution in [1.29, 1.82) is 0 Å². The molecular formula is C18H22BrClN2O. The maximum Gasteiger partial charge on any atom is 0.246 e. The summed E-state index contributed by atoms with van der Waals surface area (Å²) in [6, 6.07) is 17.6. The van der Waals surface area contributed by atoms with Gasteiger partial charge in [-0.05, 0) is 36.6 Å². The van der Waals surface area contributed by atoms with Gasteiger partial charge >= 0.3 is 0 Å². The summed E-state index contributed by atoms with van der Waals surface area (Å²) in [7, 11) is 1.80. The molecule has 0 fully saturated rings. The average molecular weight is 398 g/mol. The van der Waals surface area contributed by atoms with E-state index in [-0.39, 0.29) is 18.3 Å². The quantitative estimate of drug-likeness (QED) is 0.835. The normalized spacial score (nSPS) is 12.9. The second-order valence-corrected chi connectivity index (χ2v) is 6.59. The smallest absolute Gasteiger partial charge is 0.246 e. The van der Waals surface area contributed by atoms with Gasteiger partial charge < -0.3 is 10.6 Å². The fraction of sp³-hybridized carbons (Fsp3) is 0.278. The molecule has 0 aliphatic carbocycles. The third-order valence-electron chi connectivity index (χ3n) is 3.81. The summed E-state index contributed by atoms with van der Waals surface area (Å²) in [6.07, 6.45) is 0.806. The predicted octanol–water partition coefficient (Wildman–Crippen LogP) is 3.75. The van der Waals surface area contributed by atoms with Crippen LogP contribution in [-0.4, -0.2) is 24.4 Å². The highest BCUT2D eigenvalue weighted by Gasteiger charge is 2.32. The Bertz CT molecular complexity index is 629. The number of hydrogen-bond acceptors (Lipinski definition) is 2. The van der Waals surface area contributed by atoms with Crippen molar-refractivity contribution in [3.63, 3.8) is 0 Å². The molecular weight excluding hydrogens is 376 g/mol. The maximum absolute atomic E-state index is 12.6. The molecule has 1 amide bonds. The standard InChI is InChI=1S/C18H21BrN2O.ClH/c1-18(20,15-6-4-3-5-7-15)17(22)21(2)13-12-14-8-10-16(19)11-9-14;/h3-11H,12-13,20H2,1-2H3;1H. The van der Waals surface area contributed by atoms with E-state index in [9.17, 15) is 4.79 Å². The Morgan fingerprint density at radius 3 is 2.26 bits per heavy atom. The summed E-state index contributed by atoms with van der Waals surface area (Å²) < 4.78 is 1.05. The third kappa shape index (κ3) is 5.06. The van der Waals surface area contributed by atoms with Crippen LogP contribution in [0.1, 0.15) is 18.1 Å². The first-order valence-corrected chi connectivity index (χ1v) is 8.05. The molecule has 0 heterocycles. The second-order valence-electron chi connectivity index (χ2n) is 5.67. The van der Waals surface area contributed by atoms with Gasteiger partial charge in [0.25, 0.3) is 0 Å². The van der Waals surface area contributed by atoms with Crippen LogP contribution in [0, 0.1) is 0 Å². The number of halogens is 2. The maximum atomic E-state index is 12.6. The molecule has 1 atom stereocenters. The number of benzene rings is 2. The van der Waals surface area contributed by atoms with Crippen molar-refractivity contribution in [3.8, 4) is 0 Å². The van der Waals surface area contributed by atoms with Gasteiger partial charge in [0.05, 0.1) is 0 Å². The molecule has 0 aliphatic heterocycles. The minimum atomic E-state index is -1.00. The number of rotatable bonds is 5. The molecule has 0 radical (unpaired) electrons. The lowest BCUT2D eigenvalue weighted by molar-refractivity contribution is -0.135. The number of carbonyl (C=O) groups excluding carboxylic acids is 1. The van der Waals surface area contributed by atoms with E-state index >= 15 is 0 Å². The molecule has 124 valence electrons. The minimum absolute atomic E-state index is 0. The van der Waals surface area contributed by atoms with Gasteiger partial charge in [-0.3, -0.25) is 4.79 Å². The molecule has 1 unspecified atom stereocenters. The fourth-order valence-electron chi connectivity index (χ4n) is 2.35. The van der Waals surface area contributed by atoms with Crippen molar-refractivity contribution >= 4 is 34.2 Å². The van der Waals surface area contributed by atoms with Gasteiger partial charge in [0.2, 0.25) is 5.91 Å². The van der Waals surface area contributed by atoms with E-state index in [1.807, 2.05) is 42.5 Å². The first-order chi connectivity index (χ1) is 10.4. The Hall–Kier alpha value is -1.36.